The van der Waals surface area contributed by atoms with Crippen molar-refractivity contribution < 1.29 is 56.2 Å². The number of hydrogen-bond acceptors (Lipinski definition) is 8. The lowest BCUT2D eigenvalue weighted by Gasteiger charge is -2.26. The molecule has 1 aliphatic heterocycles. The van der Waals surface area contributed by atoms with E-state index in [0.717, 1.165) is 6.07 Å². The highest BCUT2D eigenvalue weighted by Gasteiger charge is 2.35. The molecule has 3 rings (SSSR count). The maximum Gasteiger partial charge on any atom is 0.419 e. The van der Waals surface area contributed by atoms with Crippen molar-refractivity contribution in [2.75, 3.05) is 19.6 Å². The van der Waals surface area contributed by atoms with Gasteiger partial charge >= 0.3 is 12.1 Å². The lowest BCUT2D eigenvalue weighted by atomic mass is 10.0. The summed E-state index contributed by atoms with van der Waals surface area (Å²) in [6.45, 7) is -0.748. The molecule has 0 aliphatic carbocycles. The zero-order chi connectivity index (χ0) is 41.4. The number of nitrogens with zero attached hydrogens (tertiary/aromatic N) is 1. The van der Waals surface area contributed by atoms with Gasteiger partial charge in [-0.05, 0) is 55.9 Å². The van der Waals surface area contributed by atoms with Gasteiger partial charge in [-0.15, -0.1) is 0 Å². The molecule has 0 unspecified atom stereocenters. The van der Waals surface area contributed by atoms with E-state index in [1.54, 1.807) is 30.3 Å². The number of carbonyl (C=O) groups excluding carboxylic acids is 6. The summed E-state index contributed by atoms with van der Waals surface area (Å²) in [5.74, 6) is -8.66. The maximum atomic E-state index is 13.9. The number of aliphatic carboxylic acids is 1. The van der Waals surface area contributed by atoms with Gasteiger partial charge in [0.15, 0.2) is 5.96 Å². The highest BCUT2D eigenvalue weighted by atomic mass is 19.4. The fraction of sp³-hybridized carbons (Fsp3) is 0.429. The molecule has 1 saturated heterocycles. The van der Waals surface area contributed by atoms with Crippen LogP contribution in [-0.2, 0) is 41.4 Å². The first-order chi connectivity index (χ1) is 26.4. The van der Waals surface area contributed by atoms with Crippen LogP contribution >= 0.6 is 0 Å². The van der Waals surface area contributed by atoms with Crippen LogP contribution in [0.1, 0.15) is 60.0 Å². The Morgan fingerprint density at radius 1 is 0.804 bits per heavy atom. The third-order valence-electron chi connectivity index (χ3n) is 8.32. The zero-order valence-corrected chi connectivity index (χ0v) is 29.9. The van der Waals surface area contributed by atoms with Crippen molar-refractivity contribution in [3.05, 3.63) is 71.0 Å². The van der Waals surface area contributed by atoms with E-state index in [9.17, 15) is 56.2 Å². The molecule has 1 aliphatic rings. The predicted molar refractivity (Wildman–Crippen MR) is 191 cm³/mol. The SMILES string of the molecule is NC(N)=NCCC[C@H]1NC(=O)CNC(=O)[C@@H](CC(=O)O)NC(=O)[C@H](Cc2ccccc2)NC(=O)[C@@H](CCCCNC(=O)c2ccc([18F])c(C(F)(F)F)c2)NC1=O. The molecule has 304 valence electrons. The van der Waals surface area contributed by atoms with Gasteiger partial charge in [0.2, 0.25) is 29.5 Å². The number of nitrogens with two attached hydrogens (primary N) is 2. The van der Waals surface area contributed by atoms with Crippen LogP contribution in [0, 0.1) is 5.82 Å². The molecule has 1 heterocycles. The maximum absolute atomic E-state index is 13.9. The van der Waals surface area contributed by atoms with E-state index >= 15 is 0 Å². The summed E-state index contributed by atoms with van der Waals surface area (Å²) in [6, 6.07) is 4.45. The van der Waals surface area contributed by atoms with Gasteiger partial charge in [0, 0.05) is 25.1 Å². The van der Waals surface area contributed by atoms with E-state index in [4.69, 9.17) is 11.5 Å². The van der Waals surface area contributed by atoms with Crippen LogP contribution in [-0.4, -0.2) is 96.3 Å². The lowest BCUT2D eigenvalue weighted by molar-refractivity contribution is -0.141. The average Bonchev–Trinajstić information content (AvgIpc) is 3.13. The minimum atomic E-state index is -5.03. The Bertz CT molecular complexity index is 1770. The fourth-order valence-electron chi connectivity index (χ4n) is 5.50. The Morgan fingerprint density at radius 3 is 2.05 bits per heavy atom. The first-order valence-corrected chi connectivity index (χ1v) is 17.4. The van der Waals surface area contributed by atoms with Crippen LogP contribution in [0.3, 0.4) is 0 Å². The standard InChI is InChI=1S/C35H43F4N9O8/c36-22-12-11-20(16-21(22)35(37,38)39)29(52)42-13-5-4-9-24-32(55)47-25(15-19-7-2-1-3-8-19)33(56)48-26(17-28(50)51)30(53)44-18-27(49)45-23(31(54)46-24)10-6-14-43-34(40)41/h1-3,7-8,11-12,16,23-26H,4-6,9-10,13-15,17-18H2,(H,42,52)(H,44,53)(H,45,49)(H,46,54)(H,47,55)(H,48,56)(H,50,51)(H4,40,41,43)/t23-,24-,25+,26-/m1/s1/i36-1. The third kappa shape index (κ3) is 14.5. The summed E-state index contributed by atoms with van der Waals surface area (Å²) in [4.78, 5) is 94.9. The molecule has 0 radical (unpaired) electrons. The predicted octanol–water partition coefficient (Wildman–Crippen LogP) is -0.415. The van der Waals surface area contributed by atoms with Crippen LogP contribution in [0.15, 0.2) is 53.5 Å². The number of unbranched alkanes of at least 4 members (excludes halogenated alkanes) is 1. The number of amides is 6. The summed E-state index contributed by atoms with van der Waals surface area (Å²) in [5.41, 5.74) is 9.25. The van der Waals surface area contributed by atoms with Crippen LogP contribution in [0.5, 0.6) is 0 Å². The molecule has 2 aromatic carbocycles. The quantitative estimate of drug-likeness (QED) is 0.0516. The minimum absolute atomic E-state index is 0.0412. The fourth-order valence-corrected chi connectivity index (χ4v) is 5.50. The number of guanidine groups is 1. The van der Waals surface area contributed by atoms with Crippen molar-refractivity contribution in [2.45, 2.75) is 75.3 Å². The molecule has 4 atom stereocenters. The van der Waals surface area contributed by atoms with Gasteiger partial charge < -0.3 is 48.5 Å². The molecule has 0 aromatic heterocycles. The number of carboxylic acids is 1. The second-order valence-electron chi connectivity index (χ2n) is 12.7. The van der Waals surface area contributed by atoms with Crippen molar-refractivity contribution in [2.24, 2.45) is 16.5 Å². The Morgan fingerprint density at radius 2 is 1.41 bits per heavy atom. The van der Waals surface area contributed by atoms with Gasteiger partial charge in [-0.1, -0.05) is 30.3 Å². The number of benzene rings is 2. The van der Waals surface area contributed by atoms with E-state index in [-0.39, 0.29) is 57.6 Å². The monoisotopic (exact) mass is 792 g/mol. The molecule has 0 bridgehead atoms. The first kappa shape index (κ1) is 44.1. The topological polar surface area (TPSA) is 276 Å². The van der Waals surface area contributed by atoms with E-state index in [2.05, 4.69) is 36.9 Å². The van der Waals surface area contributed by atoms with Gasteiger partial charge in [-0.2, -0.15) is 13.2 Å². The summed E-state index contributed by atoms with van der Waals surface area (Å²) in [7, 11) is 0. The summed E-state index contributed by atoms with van der Waals surface area (Å²) in [6.07, 6.45) is -5.75. The summed E-state index contributed by atoms with van der Waals surface area (Å²) < 4.78 is 53.1. The van der Waals surface area contributed by atoms with Crippen molar-refractivity contribution in [1.82, 2.24) is 31.9 Å². The Kier molecular flexibility index (Phi) is 16.5. The number of rotatable bonds is 14. The number of alkyl halides is 3. The van der Waals surface area contributed by atoms with Gasteiger partial charge in [0.25, 0.3) is 5.91 Å². The van der Waals surface area contributed by atoms with Gasteiger partial charge in [0.05, 0.1) is 18.5 Å². The van der Waals surface area contributed by atoms with Crippen molar-refractivity contribution in [1.29, 1.82) is 0 Å². The molecule has 1 fully saturated rings. The number of carboxylic acid groups (broad SMARTS) is 1. The Balaban J connectivity index is 1.86. The molecule has 2 aromatic rings. The van der Waals surface area contributed by atoms with E-state index in [1.807, 2.05) is 0 Å². The Hall–Kier alpha value is -6.28. The van der Waals surface area contributed by atoms with Crippen LogP contribution in [0.2, 0.25) is 0 Å². The number of halogens is 4. The highest BCUT2D eigenvalue weighted by molar-refractivity contribution is 5.98. The molecule has 0 spiro atoms. The smallest absolute Gasteiger partial charge is 0.419 e. The summed E-state index contributed by atoms with van der Waals surface area (Å²) in [5, 5.41) is 24.0. The van der Waals surface area contributed by atoms with Crippen molar-refractivity contribution >= 4 is 47.4 Å². The molecule has 11 N–H and O–H groups in total. The molecule has 56 heavy (non-hydrogen) atoms. The van der Waals surface area contributed by atoms with Crippen LogP contribution in [0.25, 0.3) is 0 Å². The Labute approximate surface area is 317 Å². The average molecular weight is 793 g/mol. The largest absolute Gasteiger partial charge is 0.481 e. The van der Waals surface area contributed by atoms with E-state index in [1.165, 1.54) is 0 Å². The molecular weight excluding hydrogens is 749 g/mol. The molecular formula is C35H43F4N9O8. The summed E-state index contributed by atoms with van der Waals surface area (Å²) >= 11 is 0. The second kappa shape index (κ2) is 21.0. The highest BCUT2D eigenvalue weighted by Crippen LogP contribution is 2.31. The van der Waals surface area contributed by atoms with Crippen LogP contribution < -0.4 is 43.4 Å². The molecule has 21 heteroatoms. The number of aliphatic imine (C=N–C) groups is 1. The zero-order valence-electron chi connectivity index (χ0n) is 29.9. The lowest BCUT2D eigenvalue weighted by Crippen LogP contribution is -2.58. The third-order valence-corrected chi connectivity index (χ3v) is 8.32. The second-order valence-corrected chi connectivity index (χ2v) is 12.7. The normalized spacial score (nSPS) is 19.8. The van der Waals surface area contributed by atoms with Crippen molar-refractivity contribution in [3.63, 3.8) is 0 Å². The van der Waals surface area contributed by atoms with Crippen LogP contribution in [0.4, 0.5) is 17.6 Å². The first-order valence-electron chi connectivity index (χ1n) is 17.4. The van der Waals surface area contributed by atoms with Gasteiger partial charge in [-0.25, -0.2) is 4.39 Å². The molecule has 17 nitrogen and oxygen atoms in total. The van der Waals surface area contributed by atoms with Crippen molar-refractivity contribution in [3.8, 4) is 0 Å². The molecule has 6 amide bonds. The van der Waals surface area contributed by atoms with Gasteiger partial charge in [0.1, 0.15) is 30.0 Å². The van der Waals surface area contributed by atoms with Gasteiger partial charge in [-0.3, -0.25) is 38.6 Å². The van der Waals surface area contributed by atoms with E-state index < -0.39 is 102 Å². The number of nitrogens with one attached hydrogen (secondary N) is 6. The number of hydrogen-bond donors (Lipinski definition) is 9. The molecule has 0 saturated carbocycles. The number of carbonyl (C=O) groups is 7. The van der Waals surface area contributed by atoms with E-state index in [0.29, 0.717) is 17.7 Å². The minimum Gasteiger partial charge on any atom is -0.481 e.